The first-order chi connectivity index (χ1) is 16.6. The van der Waals surface area contributed by atoms with Crippen molar-refractivity contribution in [1.82, 2.24) is 25.0 Å². The number of nitrogens with one attached hydrogen (secondary N) is 2. The number of ether oxygens (including phenoxy) is 1. The molecule has 3 aromatic rings. The van der Waals surface area contributed by atoms with E-state index in [1.165, 1.54) is 12.1 Å². The zero-order valence-corrected chi connectivity index (χ0v) is 21.8. The molecule has 0 aliphatic rings. The minimum atomic E-state index is -1.43. The van der Waals surface area contributed by atoms with Gasteiger partial charge in [0.25, 0.3) is 11.1 Å². The lowest BCUT2D eigenvalue weighted by Crippen LogP contribution is -2.50. The Morgan fingerprint density at radius 3 is 2.36 bits per heavy atom. The SMILES string of the molecule is Cc1c(-n2nc(N(C(=O)O)C(C)(C)C)c(=O)[nH]c2=O)cc(Cl)c(Oc2cc(C(C)C)c(=O)[nH]n2)c1Cl. The third-order valence-electron chi connectivity index (χ3n) is 5.14. The first kappa shape index (κ1) is 27.0. The van der Waals surface area contributed by atoms with E-state index in [0.29, 0.717) is 5.56 Å². The van der Waals surface area contributed by atoms with Gasteiger partial charge in [-0.25, -0.2) is 14.7 Å². The Labute approximate surface area is 214 Å². The number of benzene rings is 1. The van der Waals surface area contributed by atoms with Crippen LogP contribution in [0.25, 0.3) is 5.69 Å². The fourth-order valence-corrected chi connectivity index (χ4v) is 3.90. The predicted molar refractivity (Wildman–Crippen MR) is 134 cm³/mol. The van der Waals surface area contributed by atoms with Gasteiger partial charge in [0.1, 0.15) is 0 Å². The van der Waals surface area contributed by atoms with Crippen molar-refractivity contribution in [1.29, 1.82) is 0 Å². The van der Waals surface area contributed by atoms with Crippen molar-refractivity contribution in [2.75, 3.05) is 4.90 Å². The van der Waals surface area contributed by atoms with Gasteiger partial charge in [0.2, 0.25) is 11.7 Å². The molecule has 0 atom stereocenters. The van der Waals surface area contributed by atoms with Crippen LogP contribution in [0.1, 0.15) is 51.7 Å². The predicted octanol–water partition coefficient (Wildman–Crippen LogP) is 3.82. The molecule has 1 amide bonds. The molecule has 3 N–H and O–H groups in total. The molecule has 0 aliphatic heterocycles. The number of aromatic amines is 2. The molecule has 0 fully saturated rings. The smallest absolute Gasteiger partial charge is 0.413 e. The number of rotatable bonds is 5. The molecule has 1 aromatic carbocycles. The number of halogens is 2. The lowest BCUT2D eigenvalue weighted by atomic mass is 10.1. The number of amides is 1. The number of H-pyrrole nitrogens is 2. The number of aromatic nitrogens is 5. The van der Waals surface area contributed by atoms with Crippen molar-refractivity contribution in [2.24, 2.45) is 0 Å². The summed E-state index contributed by atoms with van der Waals surface area (Å²) in [6, 6.07) is 2.79. The van der Waals surface area contributed by atoms with Crippen LogP contribution in [0, 0.1) is 6.92 Å². The van der Waals surface area contributed by atoms with Gasteiger partial charge in [-0.05, 0) is 45.2 Å². The lowest BCUT2D eigenvalue weighted by molar-refractivity contribution is 0.195. The van der Waals surface area contributed by atoms with Crippen LogP contribution in [-0.4, -0.2) is 41.7 Å². The quantitative estimate of drug-likeness (QED) is 0.441. The molecule has 3 rings (SSSR count). The number of anilines is 1. The van der Waals surface area contributed by atoms with E-state index < -0.39 is 28.7 Å². The van der Waals surface area contributed by atoms with Gasteiger partial charge in [-0.1, -0.05) is 37.0 Å². The Bertz CT molecular complexity index is 1520. The summed E-state index contributed by atoms with van der Waals surface area (Å²) in [5.41, 5.74) is -2.50. The largest absolute Gasteiger partial charge is 0.465 e. The van der Waals surface area contributed by atoms with Gasteiger partial charge in [-0.3, -0.25) is 19.5 Å². The fourth-order valence-electron chi connectivity index (χ4n) is 3.38. The van der Waals surface area contributed by atoms with Crippen LogP contribution in [0.3, 0.4) is 0 Å². The van der Waals surface area contributed by atoms with Gasteiger partial charge < -0.3 is 9.84 Å². The van der Waals surface area contributed by atoms with Crippen LogP contribution < -0.4 is 26.4 Å². The Balaban J connectivity index is 2.17. The highest BCUT2D eigenvalue weighted by Crippen LogP contribution is 2.40. The van der Waals surface area contributed by atoms with Crippen LogP contribution >= 0.6 is 23.2 Å². The second-order valence-corrected chi connectivity index (χ2v) is 9.96. The number of nitrogens with zero attached hydrogens (tertiary/aromatic N) is 4. The number of carboxylic acid groups (broad SMARTS) is 1. The highest BCUT2D eigenvalue weighted by atomic mass is 35.5. The molecule has 36 heavy (non-hydrogen) atoms. The highest BCUT2D eigenvalue weighted by Gasteiger charge is 2.32. The second-order valence-electron chi connectivity index (χ2n) is 9.18. The summed E-state index contributed by atoms with van der Waals surface area (Å²) in [6.45, 7) is 9.93. The Hall–Kier alpha value is -3.64. The highest BCUT2D eigenvalue weighted by molar-refractivity contribution is 6.38. The summed E-state index contributed by atoms with van der Waals surface area (Å²) in [6.07, 6.45) is -1.43. The zero-order valence-electron chi connectivity index (χ0n) is 20.3. The molecule has 2 heterocycles. The minimum Gasteiger partial charge on any atom is -0.465 e. The molecule has 14 heteroatoms. The topological polar surface area (TPSA) is 163 Å². The van der Waals surface area contributed by atoms with E-state index in [9.17, 15) is 24.3 Å². The van der Waals surface area contributed by atoms with Crippen LogP contribution in [0.4, 0.5) is 10.6 Å². The van der Waals surface area contributed by atoms with E-state index in [4.69, 9.17) is 27.9 Å². The first-order valence-electron chi connectivity index (χ1n) is 10.7. The fraction of sp³-hybridized carbons (Fsp3) is 0.364. The monoisotopic (exact) mass is 538 g/mol. The van der Waals surface area contributed by atoms with Gasteiger partial charge in [0.15, 0.2) is 5.75 Å². The maximum Gasteiger partial charge on any atom is 0.413 e. The maximum atomic E-state index is 12.6. The van der Waals surface area contributed by atoms with Crippen LogP contribution in [-0.2, 0) is 0 Å². The third kappa shape index (κ3) is 5.14. The molecule has 0 aliphatic carbocycles. The molecular weight excluding hydrogens is 515 g/mol. The molecule has 0 spiro atoms. The molecule has 0 bridgehead atoms. The maximum absolute atomic E-state index is 12.6. The van der Waals surface area contributed by atoms with Crippen molar-refractivity contribution in [3.05, 3.63) is 64.5 Å². The van der Waals surface area contributed by atoms with Gasteiger partial charge in [-0.15, -0.1) is 10.2 Å². The molecular formula is C22H24Cl2N6O6. The third-order valence-corrected chi connectivity index (χ3v) is 5.88. The molecule has 2 aromatic heterocycles. The average Bonchev–Trinajstić information content (AvgIpc) is 2.75. The normalized spacial score (nSPS) is 11.6. The summed E-state index contributed by atoms with van der Waals surface area (Å²) in [5, 5.41) is 19.9. The van der Waals surface area contributed by atoms with Crippen molar-refractivity contribution < 1.29 is 14.6 Å². The van der Waals surface area contributed by atoms with Crippen molar-refractivity contribution >= 4 is 35.1 Å². The van der Waals surface area contributed by atoms with Gasteiger partial charge >= 0.3 is 11.8 Å². The van der Waals surface area contributed by atoms with Gasteiger partial charge in [0.05, 0.1) is 15.7 Å². The van der Waals surface area contributed by atoms with Crippen LogP contribution in [0.5, 0.6) is 11.6 Å². The first-order valence-corrected chi connectivity index (χ1v) is 11.4. The van der Waals surface area contributed by atoms with E-state index in [0.717, 1.165) is 9.58 Å². The van der Waals surface area contributed by atoms with Gasteiger partial charge in [0, 0.05) is 17.2 Å². The van der Waals surface area contributed by atoms with E-state index in [1.807, 2.05) is 13.8 Å². The number of hydrogen-bond donors (Lipinski definition) is 3. The molecule has 0 radical (unpaired) electrons. The van der Waals surface area contributed by atoms with E-state index in [1.54, 1.807) is 27.7 Å². The van der Waals surface area contributed by atoms with E-state index in [-0.39, 0.29) is 44.4 Å². The molecule has 0 saturated heterocycles. The Morgan fingerprint density at radius 2 is 1.81 bits per heavy atom. The summed E-state index contributed by atoms with van der Waals surface area (Å²) < 4.78 is 6.54. The summed E-state index contributed by atoms with van der Waals surface area (Å²) in [5.74, 6) is -0.563. The summed E-state index contributed by atoms with van der Waals surface area (Å²) in [4.78, 5) is 51.7. The Kier molecular flexibility index (Phi) is 7.32. The lowest BCUT2D eigenvalue weighted by Gasteiger charge is -2.31. The summed E-state index contributed by atoms with van der Waals surface area (Å²) in [7, 11) is 0. The van der Waals surface area contributed by atoms with E-state index >= 15 is 0 Å². The average molecular weight is 539 g/mol. The summed E-state index contributed by atoms with van der Waals surface area (Å²) >= 11 is 12.9. The number of carbonyl (C=O) groups is 1. The van der Waals surface area contributed by atoms with E-state index in [2.05, 4.69) is 20.3 Å². The van der Waals surface area contributed by atoms with Crippen molar-refractivity contribution in [2.45, 2.75) is 53.0 Å². The molecule has 192 valence electrons. The van der Waals surface area contributed by atoms with Crippen molar-refractivity contribution in [3.8, 4) is 17.3 Å². The zero-order chi connectivity index (χ0) is 27.1. The van der Waals surface area contributed by atoms with Gasteiger partial charge in [-0.2, -0.15) is 4.68 Å². The molecule has 0 saturated carbocycles. The number of hydrogen-bond acceptors (Lipinski definition) is 7. The standard InChI is InChI=1S/C22H24Cl2N6O6/c1-9(2)11-7-14(26-27-18(11)31)36-16-12(23)8-13(10(3)15(16)24)30-20(33)25-19(32)17(28-30)29(21(34)35)22(4,5)6/h7-9H,1-6H3,(H,27,31)(H,34,35)(H,25,32,33). The van der Waals surface area contributed by atoms with Crippen LogP contribution in [0.15, 0.2) is 26.5 Å². The minimum absolute atomic E-state index is 0.00367. The molecule has 0 unspecified atom stereocenters. The Morgan fingerprint density at radius 1 is 1.17 bits per heavy atom. The second kappa shape index (κ2) is 9.78. The molecule has 12 nitrogen and oxygen atoms in total. The van der Waals surface area contributed by atoms with Crippen molar-refractivity contribution in [3.63, 3.8) is 0 Å². The van der Waals surface area contributed by atoms with Crippen LogP contribution in [0.2, 0.25) is 10.0 Å².